The summed E-state index contributed by atoms with van der Waals surface area (Å²) in [7, 11) is 0. The molecule has 2 saturated heterocycles. The van der Waals surface area contributed by atoms with Crippen LogP contribution in [0.4, 0.5) is 0 Å². The second-order valence-electron chi connectivity index (χ2n) is 6.16. The highest BCUT2D eigenvalue weighted by Gasteiger charge is 2.29. The molecule has 3 nitrogen and oxygen atoms in total. The minimum Gasteiger partial charge on any atom is -0.326 e. The van der Waals surface area contributed by atoms with Crippen LogP contribution in [0.15, 0.2) is 0 Å². The Labute approximate surface area is 106 Å². The zero-order valence-corrected chi connectivity index (χ0v) is 11.6. The van der Waals surface area contributed by atoms with E-state index in [2.05, 4.69) is 23.6 Å². The molecule has 2 aliphatic rings. The predicted octanol–water partition coefficient (Wildman–Crippen LogP) is 1.53. The summed E-state index contributed by atoms with van der Waals surface area (Å²) in [5.74, 6) is 0.722. The van der Waals surface area contributed by atoms with Crippen LogP contribution in [-0.2, 0) is 0 Å². The summed E-state index contributed by atoms with van der Waals surface area (Å²) in [5.41, 5.74) is 6.40. The fourth-order valence-electron chi connectivity index (χ4n) is 3.22. The Morgan fingerprint density at radius 1 is 1.12 bits per heavy atom. The van der Waals surface area contributed by atoms with Gasteiger partial charge < -0.3 is 15.5 Å². The lowest BCUT2D eigenvalue weighted by Gasteiger charge is -2.31. The molecule has 2 fully saturated rings. The Bertz CT molecular complexity index is 224. The summed E-state index contributed by atoms with van der Waals surface area (Å²) in [4.78, 5) is 5.15. The lowest BCUT2D eigenvalue weighted by atomic mass is 9.98. The van der Waals surface area contributed by atoms with Crippen molar-refractivity contribution in [1.29, 1.82) is 0 Å². The zero-order chi connectivity index (χ0) is 12.3. The second kappa shape index (κ2) is 6.17. The van der Waals surface area contributed by atoms with Gasteiger partial charge in [-0.2, -0.15) is 0 Å². The third-order valence-electron chi connectivity index (χ3n) is 4.51. The fraction of sp³-hybridized carbons (Fsp3) is 1.00. The van der Waals surface area contributed by atoms with Crippen molar-refractivity contribution in [1.82, 2.24) is 9.80 Å². The lowest BCUT2D eigenvalue weighted by molar-refractivity contribution is 0.191. The maximum Gasteiger partial charge on any atom is 0.0209 e. The summed E-state index contributed by atoms with van der Waals surface area (Å²) in [6, 6.07) is 1.07. The van der Waals surface area contributed by atoms with Crippen molar-refractivity contribution in [2.75, 3.05) is 32.7 Å². The van der Waals surface area contributed by atoms with E-state index in [1.165, 1.54) is 51.9 Å². The minimum atomic E-state index is 0.386. The number of hydrogen-bond acceptors (Lipinski definition) is 3. The van der Waals surface area contributed by atoms with Crippen LogP contribution in [-0.4, -0.2) is 54.6 Å². The number of likely N-dealkylation sites (tertiary alicyclic amines) is 2. The van der Waals surface area contributed by atoms with Crippen LogP contribution < -0.4 is 5.73 Å². The summed E-state index contributed by atoms with van der Waals surface area (Å²) in [6.45, 7) is 10.7. The molecule has 0 aromatic rings. The first-order valence-corrected chi connectivity index (χ1v) is 7.39. The molecule has 2 unspecified atom stereocenters. The van der Waals surface area contributed by atoms with Crippen LogP contribution in [0.25, 0.3) is 0 Å². The van der Waals surface area contributed by atoms with Gasteiger partial charge in [0.15, 0.2) is 0 Å². The predicted molar refractivity (Wildman–Crippen MR) is 73.1 cm³/mol. The fourth-order valence-corrected chi connectivity index (χ4v) is 3.22. The van der Waals surface area contributed by atoms with E-state index < -0.39 is 0 Å². The SMILES string of the molecule is CC(C)N1CCC(C(N)CN2CCCCC2)C1. The van der Waals surface area contributed by atoms with Gasteiger partial charge in [0, 0.05) is 25.2 Å². The highest BCUT2D eigenvalue weighted by molar-refractivity contribution is 4.86. The molecule has 2 aliphatic heterocycles. The van der Waals surface area contributed by atoms with Crippen LogP contribution in [0.1, 0.15) is 39.5 Å². The number of rotatable bonds is 4. The molecule has 0 bridgehead atoms. The summed E-state index contributed by atoms with van der Waals surface area (Å²) >= 11 is 0. The van der Waals surface area contributed by atoms with Crippen LogP contribution in [0.3, 0.4) is 0 Å². The smallest absolute Gasteiger partial charge is 0.0209 e. The third kappa shape index (κ3) is 3.67. The van der Waals surface area contributed by atoms with Gasteiger partial charge in [-0.3, -0.25) is 0 Å². The van der Waals surface area contributed by atoms with Crippen molar-refractivity contribution in [3.8, 4) is 0 Å². The average Bonchev–Trinajstić information content (AvgIpc) is 2.79. The molecule has 0 aromatic heterocycles. The molecule has 2 rings (SSSR count). The first-order chi connectivity index (χ1) is 8.16. The maximum atomic E-state index is 6.40. The summed E-state index contributed by atoms with van der Waals surface area (Å²) < 4.78 is 0. The number of hydrogen-bond donors (Lipinski definition) is 1. The first kappa shape index (κ1) is 13.3. The molecule has 0 spiro atoms. The van der Waals surface area contributed by atoms with E-state index in [1.54, 1.807) is 0 Å². The maximum absolute atomic E-state index is 6.40. The molecular formula is C14H29N3. The number of nitrogens with zero attached hydrogens (tertiary/aromatic N) is 2. The molecule has 3 heteroatoms. The average molecular weight is 239 g/mol. The van der Waals surface area contributed by atoms with Gasteiger partial charge in [0.05, 0.1) is 0 Å². The van der Waals surface area contributed by atoms with E-state index in [1.807, 2.05) is 0 Å². The van der Waals surface area contributed by atoms with Crippen LogP contribution in [0, 0.1) is 5.92 Å². The molecule has 100 valence electrons. The third-order valence-corrected chi connectivity index (χ3v) is 4.51. The topological polar surface area (TPSA) is 32.5 Å². The Morgan fingerprint density at radius 3 is 2.41 bits per heavy atom. The molecule has 0 saturated carbocycles. The van der Waals surface area contributed by atoms with Crippen LogP contribution in [0.5, 0.6) is 0 Å². The summed E-state index contributed by atoms with van der Waals surface area (Å²) in [5, 5.41) is 0. The van der Waals surface area contributed by atoms with Crippen LogP contribution >= 0.6 is 0 Å². The Kier molecular flexibility index (Phi) is 4.83. The molecule has 2 atom stereocenters. The van der Waals surface area contributed by atoms with Gasteiger partial charge in [-0.25, -0.2) is 0 Å². The normalized spacial score (nSPS) is 30.0. The lowest BCUT2D eigenvalue weighted by Crippen LogP contribution is -2.45. The van der Waals surface area contributed by atoms with Gasteiger partial charge in [-0.15, -0.1) is 0 Å². The summed E-state index contributed by atoms with van der Waals surface area (Å²) in [6.07, 6.45) is 5.45. The van der Waals surface area contributed by atoms with Gasteiger partial charge in [-0.05, 0) is 58.7 Å². The highest BCUT2D eigenvalue weighted by Crippen LogP contribution is 2.22. The number of nitrogens with two attached hydrogens (primary N) is 1. The monoisotopic (exact) mass is 239 g/mol. The van der Waals surface area contributed by atoms with Crippen molar-refractivity contribution in [2.45, 2.75) is 51.6 Å². The van der Waals surface area contributed by atoms with Crippen LogP contribution in [0.2, 0.25) is 0 Å². The molecule has 0 aromatic carbocycles. The Morgan fingerprint density at radius 2 is 1.82 bits per heavy atom. The Balaban J connectivity index is 1.74. The first-order valence-electron chi connectivity index (χ1n) is 7.39. The van der Waals surface area contributed by atoms with E-state index in [9.17, 15) is 0 Å². The molecule has 0 radical (unpaired) electrons. The Hall–Kier alpha value is -0.120. The largest absolute Gasteiger partial charge is 0.326 e. The van der Waals surface area contributed by atoms with E-state index in [4.69, 9.17) is 5.73 Å². The standard InChI is InChI=1S/C14H29N3/c1-12(2)17-9-6-13(10-17)14(15)11-16-7-4-3-5-8-16/h12-14H,3-11,15H2,1-2H3. The van der Waals surface area contributed by atoms with Gasteiger partial charge in [0.2, 0.25) is 0 Å². The van der Waals surface area contributed by atoms with E-state index in [0.717, 1.165) is 12.5 Å². The van der Waals surface area contributed by atoms with Gasteiger partial charge in [-0.1, -0.05) is 6.42 Å². The highest BCUT2D eigenvalue weighted by atomic mass is 15.2. The van der Waals surface area contributed by atoms with Crippen molar-refractivity contribution in [2.24, 2.45) is 11.7 Å². The molecule has 0 amide bonds. The van der Waals surface area contributed by atoms with E-state index >= 15 is 0 Å². The van der Waals surface area contributed by atoms with Gasteiger partial charge in [0.1, 0.15) is 0 Å². The quantitative estimate of drug-likeness (QED) is 0.807. The molecular weight excluding hydrogens is 210 g/mol. The van der Waals surface area contributed by atoms with Gasteiger partial charge in [0.25, 0.3) is 0 Å². The molecule has 0 aliphatic carbocycles. The van der Waals surface area contributed by atoms with Crippen molar-refractivity contribution < 1.29 is 0 Å². The molecule has 2 heterocycles. The number of piperidine rings is 1. The molecule has 2 N–H and O–H groups in total. The van der Waals surface area contributed by atoms with Crippen molar-refractivity contribution in [3.05, 3.63) is 0 Å². The van der Waals surface area contributed by atoms with Gasteiger partial charge >= 0.3 is 0 Å². The molecule has 17 heavy (non-hydrogen) atoms. The van der Waals surface area contributed by atoms with Crippen molar-refractivity contribution >= 4 is 0 Å². The van der Waals surface area contributed by atoms with E-state index in [-0.39, 0.29) is 0 Å². The van der Waals surface area contributed by atoms with Crippen molar-refractivity contribution in [3.63, 3.8) is 0 Å². The van der Waals surface area contributed by atoms with E-state index in [0.29, 0.717) is 12.1 Å². The second-order valence-corrected chi connectivity index (χ2v) is 6.16. The zero-order valence-electron chi connectivity index (χ0n) is 11.6. The minimum absolute atomic E-state index is 0.386.